The Hall–Kier alpha value is -0.300. The maximum atomic E-state index is 3.89. The van der Waals surface area contributed by atoms with Crippen molar-refractivity contribution in [1.82, 2.24) is 5.32 Å². The molecule has 1 unspecified atom stereocenters. The van der Waals surface area contributed by atoms with E-state index in [4.69, 9.17) is 0 Å². The third-order valence-corrected chi connectivity index (χ3v) is 5.81. The van der Waals surface area contributed by atoms with Crippen molar-refractivity contribution in [2.45, 2.75) is 91.5 Å². The highest BCUT2D eigenvalue weighted by molar-refractivity contribution is 5.15. The van der Waals surface area contributed by atoms with Crippen molar-refractivity contribution in [2.24, 2.45) is 17.3 Å². The van der Waals surface area contributed by atoms with E-state index in [-0.39, 0.29) is 0 Å². The predicted molar refractivity (Wildman–Crippen MR) is 93.5 cm³/mol. The maximum Gasteiger partial charge on any atom is 0.0307 e. The fraction of sp³-hybridized carbons (Fsp3) is 0.900. The van der Waals surface area contributed by atoms with Crippen molar-refractivity contribution >= 4 is 0 Å². The molecule has 0 aliphatic heterocycles. The second kappa shape index (κ2) is 7.81. The number of hydrogen-bond acceptors (Lipinski definition) is 1. The van der Waals surface area contributed by atoms with E-state index in [9.17, 15) is 0 Å². The third kappa shape index (κ3) is 4.84. The van der Waals surface area contributed by atoms with Gasteiger partial charge in [0.2, 0.25) is 0 Å². The topological polar surface area (TPSA) is 12.0 Å². The Labute approximate surface area is 133 Å². The summed E-state index contributed by atoms with van der Waals surface area (Å²) in [5.41, 5.74) is 2.25. The normalized spacial score (nSPS) is 29.0. The van der Waals surface area contributed by atoms with Crippen molar-refractivity contribution < 1.29 is 0 Å². The molecule has 122 valence electrons. The molecule has 0 heterocycles. The van der Waals surface area contributed by atoms with Crippen molar-refractivity contribution in [1.29, 1.82) is 0 Å². The first-order valence-corrected chi connectivity index (χ1v) is 9.44. The summed E-state index contributed by atoms with van der Waals surface area (Å²) in [5, 5.41) is 3.89. The Kier molecular flexibility index (Phi) is 6.34. The van der Waals surface area contributed by atoms with Crippen LogP contribution in [-0.2, 0) is 0 Å². The molecule has 1 fully saturated rings. The predicted octanol–water partition coefficient (Wildman–Crippen LogP) is 5.71. The molecule has 1 atom stereocenters. The summed E-state index contributed by atoms with van der Waals surface area (Å²) in [4.78, 5) is 0. The fourth-order valence-corrected chi connectivity index (χ4v) is 4.36. The Morgan fingerprint density at radius 2 is 1.86 bits per heavy atom. The third-order valence-electron chi connectivity index (χ3n) is 5.81. The maximum absolute atomic E-state index is 3.89. The molecule has 1 heteroatoms. The zero-order valence-electron chi connectivity index (χ0n) is 14.9. The van der Waals surface area contributed by atoms with Crippen LogP contribution in [0.25, 0.3) is 0 Å². The molecule has 0 radical (unpaired) electrons. The van der Waals surface area contributed by atoms with Gasteiger partial charge in [0.25, 0.3) is 0 Å². The first-order chi connectivity index (χ1) is 10.0. The molecule has 2 aliphatic carbocycles. The van der Waals surface area contributed by atoms with Crippen molar-refractivity contribution in [2.75, 3.05) is 6.54 Å². The Morgan fingerprint density at radius 1 is 1.14 bits per heavy atom. The van der Waals surface area contributed by atoms with Gasteiger partial charge in [-0.3, -0.25) is 0 Å². The quantitative estimate of drug-likeness (QED) is 0.640. The smallest absolute Gasteiger partial charge is 0.0307 e. The second-order valence-electron chi connectivity index (χ2n) is 8.43. The SMILES string of the molecule is CCCNC(C1=CCCCC1)C1CCC(C(C)(C)C)CC1. The van der Waals surface area contributed by atoms with Gasteiger partial charge in [-0.05, 0) is 81.6 Å². The van der Waals surface area contributed by atoms with Gasteiger partial charge in [0.1, 0.15) is 0 Å². The number of hydrogen-bond donors (Lipinski definition) is 1. The highest BCUT2D eigenvalue weighted by Crippen LogP contribution is 2.42. The Balaban J connectivity index is 1.96. The van der Waals surface area contributed by atoms with E-state index in [0.29, 0.717) is 11.5 Å². The fourth-order valence-electron chi connectivity index (χ4n) is 4.36. The average Bonchev–Trinajstić information content (AvgIpc) is 2.48. The summed E-state index contributed by atoms with van der Waals surface area (Å²) in [6.07, 6.45) is 15.0. The summed E-state index contributed by atoms with van der Waals surface area (Å²) in [7, 11) is 0. The first-order valence-electron chi connectivity index (χ1n) is 9.44. The highest BCUT2D eigenvalue weighted by Gasteiger charge is 2.33. The van der Waals surface area contributed by atoms with E-state index >= 15 is 0 Å². The van der Waals surface area contributed by atoms with Crippen molar-refractivity contribution in [3.63, 3.8) is 0 Å². The molecule has 1 nitrogen and oxygen atoms in total. The molecule has 1 N–H and O–H groups in total. The van der Waals surface area contributed by atoms with Crippen LogP contribution in [0.5, 0.6) is 0 Å². The van der Waals surface area contributed by atoms with Crippen LogP contribution in [0, 0.1) is 17.3 Å². The minimum atomic E-state index is 0.501. The van der Waals surface area contributed by atoms with Crippen LogP contribution >= 0.6 is 0 Å². The van der Waals surface area contributed by atoms with Gasteiger partial charge in [0.05, 0.1) is 0 Å². The molecule has 0 aromatic rings. The summed E-state index contributed by atoms with van der Waals surface area (Å²) in [6, 6.07) is 0.686. The lowest BCUT2D eigenvalue weighted by molar-refractivity contribution is 0.137. The van der Waals surface area contributed by atoms with Crippen LogP contribution in [-0.4, -0.2) is 12.6 Å². The van der Waals surface area contributed by atoms with Crippen LogP contribution in [0.3, 0.4) is 0 Å². The minimum Gasteiger partial charge on any atom is -0.310 e. The van der Waals surface area contributed by atoms with Crippen LogP contribution < -0.4 is 5.32 Å². The van der Waals surface area contributed by atoms with Gasteiger partial charge in [0, 0.05) is 6.04 Å². The summed E-state index contributed by atoms with van der Waals surface area (Å²) in [6.45, 7) is 10.7. The van der Waals surface area contributed by atoms with E-state index in [1.54, 1.807) is 5.57 Å². The van der Waals surface area contributed by atoms with Crippen LogP contribution in [0.4, 0.5) is 0 Å². The van der Waals surface area contributed by atoms with Gasteiger partial charge in [-0.1, -0.05) is 39.3 Å². The molecule has 0 bridgehead atoms. The standard InChI is InChI=1S/C20H37N/c1-5-15-21-19(16-9-7-6-8-10-16)17-11-13-18(14-12-17)20(2,3)4/h9,17-19,21H,5-8,10-15H2,1-4H3. The van der Waals surface area contributed by atoms with Gasteiger partial charge in [-0.25, -0.2) is 0 Å². The van der Waals surface area contributed by atoms with E-state index in [2.05, 4.69) is 39.1 Å². The lowest BCUT2D eigenvalue weighted by Gasteiger charge is -2.41. The van der Waals surface area contributed by atoms with E-state index in [1.165, 1.54) is 64.3 Å². The van der Waals surface area contributed by atoms with E-state index < -0.39 is 0 Å². The molecule has 21 heavy (non-hydrogen) atoms. The van der Waals surface area contributed by atoms with Gasteiger partial charge in [-0.2, -0.15) is 0 Å². The molecular weight excluding hydrogens is 254 g/mol. The molecule has 2 rings (SSSR count). The zero-order chi connectivity index (χ0) is 15.3. The van der Waals surface area contributed by atoms with Crippen LogP contribution in [0.15, 0.2) is 11.6 Å². The molecular formula is C20H37N. The van der Waals surface area contributed by atoms with Gasteiger partial charge < -0.3 is 5.32 Å². The van der Waals surface area contributed by atoms with Crippen LogP contribution in [0.1, 0.15) is 85.5 Å². The summed E-state index contributed by atoms with van der Waals surface area (Å²) in [5.74, 6) is 1.82. The largest absolute Gasteiger partial charge is 0.310 e. The average molecular weight is 292 g/mol. The van der Waals surface area contributed by atoms with Gasteiger partial charge >= 0.3 is 0 Å². The van der Waals surface area contributed by atoms with Crippen molar-refractivity contribution in [3.05, 3.63) is 11.6 Å². The lowest BCUT2D eigenvalue weighted by atomic mass is 9.67. The molecule has 1 saturated carbocycles. The molecule has 0 saturated heterocycles. The van der Waals surface area contributed by atoms with E-state index in [1.807, 2.05) is 0 Å². The molecule has 2 aliphatic rings. The summed E-state index contributed by atoms with van der Waals surface area (Å²) < 4.78 is 0. The number of rotatable bonds is 5. The zero-order valence-corrected chi connectivity index (χ0v) is 14.9. The molecule has 0 aromatic carbocycles. The molecule has 0 spiro atoms. The van der Waals surface area contributed by atoms with Crippen molar-refractivity contribution in [3.8, 4) is 0 Å². The molecule has 0 amide bonds. The van der Waals surface area contributed by atoms with Crippen LogP contribution in [0.2, 0.25) is 0 Å². The number of allylic oxidation sites excluding steroid dienone is 1. The van der Waals surface area contributed by atoms with E-state index in [0.717, 1.165) is 11.8 Å². The highest BCUT2D eigenvalue weighted by atomic mass is 14.9. The molecule has 0 aromatic heterocycles. The van der Waals surface area contributed by atoms with Gasteiger partial charge in [0.15, 0.2) is 0 Å². The Morgan fingerprint density at radius 3 is 2.38 bits per heavy atom. The lowest BCUT2D eigenvalue weighted by Crippen LogP contribution is -2.41. The monoisotopic (exact) mass is 291 g/mol. The number of nitrogens with one attached hydrogen (secondary N) is 1. The minimum absolute atomic E-state index is 0.501. The Bertz CT molecular complexity index is 328. The van der Waals surface area contributed by atoms with Gasteiger partial charge in [-0.15, -0.1) is 0 Å². The summed E-state index contributed by atoms with van der Waals surface area (Å²) >= 11 is 0. The second-order valence-corrected chi connectivity index (χ2v) is 8.43. The first kappa shape index (κ1) is 17.1.